The van der Waals surface area contributed by atoms with Crippen LogP contribution in [0.2, 0.25) is 5.02 Å². The molecule has 2 aromatic heterocycles. The fraction of sp³-hybridized carbons (Fsp3) is 0.381. The summed E-state index contributed by atoms with van der Waals surface area (Å²) in [6, 6.07) is 3.94. The Kier molecular flexibility index (Phi) is 7.87. The molecule has 0 spiro atoms. The van der Waals surface area contributed by atoms with Gasteiger partial charge >= 0.3 is 18.2 Å². The number of hydroxylamine groups is 2. The number of hydrogen-bond donors (Lipinski definition) is 2. The van der Waals surface area contributed by atoms with Crippen molar-refractivity contribution in [2.45, 2.75) is 36.0 Å². The van der Waals surface area contributed by atoms with E-state index in [1.807, 2.05) is 0 Å². The monoisotopic (exact) mass is 577 g/mol. The molecule has 2 aromatic rings. The highest BCUT2D eigenvalue weighted by atomic mass is 35.5. The van der Waals surface area contributed by atoms with Gasteiger partial charge < -0.3 is 14.1 Å². The lowest BCUT2D eigenvalue weighted by atomic mass is 9.88. The Balaban J connectivity index is 1.69. The van der Waals surface area contributed by atoms with Crippen molar-refractivity contribution < 1.29 is 45.9 Å². The Morgan fingerprint density at radius 1 is 1.21 bits per heavy atom. The lowest BCUT2D eigenvalue weighted by molar-refractivity contribution is -0.241. The van der Waals surface area contributed by atoms with Crippen LogP contribution in [0.25, 0.3) is 0 Å². The highest BCUT2D eigenvalue weighted by Crippen LogP contribution is 2.42. The van der Waals surface area contributed by atoms with Gasteiger partial charge in [0.05, 0.1) is 5.02 Å². The summed E-state index contributed by atoms with van der Waals surface area (Å²) >= 11 is 2.85. The van der Waals surface area contributed by atoms with Crippen LogP contribution in [0.15, 0.2) is 42.9 Å². The minimum absolute atomic E-state index is 0.0184. The van der Waals surface area contributed by atoms with Gasteiger partial charge in [-0.05, 0) is 36.6 Å². The summed E-state index contributed by atoms with van der Waals surface area (Å²) in [5.41, 5.74) is -2.87. The van der Waals surface area contributed by atoms with Crippen LogP contribution >= 0.6 is 11.6 Å². The number of nitrogens with zero attached hydrogens (tertiary/aromatic N) is 4. The van der Waals surface area contributed by atoms with Crippen LogP contribution in [0.5, 0.6) is 5.88 Å². The second-order valence-corrected chi connectivity index (χ2v) is 9.66. The Morgan fingerprint density at radius 2 is 1.87 bits per heavy atom. The van der Waals surface area contributed by atoms with Crippen molar-refractivity contribution in [2.24, 2.45) is 0 Å². The van der Waals surface area contributed by atoms with Crippen LogP contribution in [-0.4, -0.2) is 77.3 Å². The van der Waals surface area contributed by atoms with Gasteiger partial charge in [0.2, 0.25) is 11.4 Å². The molecule has 3 atom stereocenters. The van der Waals surface area contributed by atoms with Crippen molar-refractivity contribution in [2.75, 3.05) is 13.1 Å². The van der Waals surface area contributed by atoms with E-state index in [-0.39, 0.29) is 42.4 Å². The van der Waals surface area contributed by atoms with Gasteiger partial charge in [-0.3, -0.25) is 20.0 Å². The van der Waals surface area contributed by atoms with E-state index in [4.69, 9.17) is 16.3 Å². The van der Waals surface area contributed by atoms with Gasteiger partial charge in [-0.2, -0.15) is 13.2 Å². The zero-order valence-corrected chi connectivity index (χ0v) is 20.7. The predicted octanol–water partition coefficient (Wildman–Crippen LogP) is 1.99. The summed E-state index contributed by atoms with van der Waals surface area (Å²) in [5.74, 6) is -3.78. The molecule has 3 amide bonds. The van der Waals surface area contributed by atoms with Crippen molar-refractivity contribution in [1.82, 2.24) is 25.2 Å². The number of ether oxygens (including phenoxy) is 1. The lowest BCUT2D eigenvalue weighted by Gasteiger charge is -2.44. The minimum Gasteiger partial charge on any atom is -0.474 e. The summed E-state index contributed by atoms with van der Waals surface area (Å²) < 4.78 is 68.1. The Hall–Kier alpha value is -3.34. The zero-order valence-electron chi connectivity index (χ0n) is 19.1. The molecule has 4 heterocycles. The maximum absolute atomic E-state index is 13.3. The molecule has 0 saturated carbocycles. The van der Waals surface area contributed by atoms with E-state index in [1.165, 1.54) is 11.1 Å². The van der Waals surface area contributed by atoms with Crippen molar-refractivity contribution in [3.05, 3.63) is 53.4 Å². The van der Waals surface area contributed by atoms with Gasteiger partial charge in [0.1, 0.15) is 6.10 Å². The number of rotatable bonds is 7. The maximum atomic E-state index is 13.3. The number of urea groups is 1. The molecule has 3 unspecified atom stereocenters. The number of likely N-dealkylation sites (tertiary alicyclic amines) is 1. The number of imide groups is 1. The minimum atomic E-state index is -5.53. The smallest absolute Gasteiger partial charge is 0.474 e. The molecule has 0 bridgehead atoms. The van der Waals surface area contributed by atoms with E-state index in [0.29, 0.717) is 5.02 Å². The molecule has 2 N–H and O–H groups in total. The molecular weight excluding hydrogens is 559 g/mol. The standard InChI is InChI=1S/C21H19ClF3N5O7S/c22-13-1-2-15(27-11-13)36-14-5-9-29(10-6-14)17(38(34)35)20(12-3-7-26-8-4-12)16(31)28-19(33)30(20)37-18(32)21(23,24)25/h1-4,7-8,11,14,17H,5-6,9-10H2,(H,34,35)(H,28,31,33). The van der Waals surface area contributed by atoms with E-state index < -0.39 is 52.2 Å². The van der Waals surface area contributed by atoms with Crippen LogP contribution in [0, 0.1) is 0 Å². The van der Waals surface area contributed by atoms with Crippen molar-refractivity contribution >= 4 is 40.6 Å². The van der Waals surface area contributed by atoms with Crippen LogP contribution in [0.3, 0.4) is 0 Å². The molecule has 4 rings (SSSR count). The maximum Gasteiger partial charge on any atom is 0.493 e. The molecule has 2 aliphatic rings. The fourth-order valence-electron chi connectivity index (χ4n) is 4.32. The first-order chi connectivity index (χ1) is 17.9. The highest BCUT2D eigenvalue weighted by molar-refractivity contribution is 7.80. The molecular formula is C21H19ClF3N5O7S. The third-order valence-electron chi connectivity index (χ3n) is 5.94. The summed E-state index contributed by atoms with van der Waals surface area (Å²) in [4.78, 5) is 51.2. The second-order valence-electron chi connectivity index (χ2n) is 8.23. The fourth-order valence-corrected chi connectivity index (χ4v) is 5.53. The number of aromatic nitrogens is 2. The molecule has 17 heteroatoms. The Bertz CT molecular complexity index is 1230. The van der Waals surface area contributed by atoms with Gasteiger partial charge in [0, 0.05) is 37.7 Å². The average Bonchev–Trinajstić information content (AvgIpc) is 3.11. The number of nitrogens with one attached hydrogen (secondary N) is 1. The molecule has 2 saturated heterocycles. The topological polar surface area (TPSA) is 151 Å². The predicted molar refractivity (Wildman–Crippen MR) is 122 cm³/mol. The number of piperidine rings is 1. The van der Waals surface area contributed by atoms with Gasteiger partial charge in [-0.25, -0.2) is 18.8 Å². The SMILES string of the molecule is O=C1NC(=O)C(c2ccncc2)(C(N2CCC(Oc3ccc(Cl)cn3)CC2)S(=O)O)N1OC(=O)C(F)(F)F. The quantitative estimate of drug-likeness (QED) is 0.369. The summed E-state index contributed by atoms with van der Waals surface area (Å²) in [6.45, 7) is 0.0369. The van der Waals surface area contributed by atoms with Gasteiger partial charge in [-0.15, -0.1) is 5.06 Å². The van der Waals surface area contributed by atoms with Crippen molar-refractivity contribution in [3.8, 4) is 5.88 Å². The lowest BCUT2D eigenvalue weighted by Crippen LogP contribution is -2.64. The number of halogens is 4. The van der Waals surface area contributed by atoms with Crippen molar-refractivity contribution in [1.29, 1.82) is 0 Å². The zero-order chi connectivity index (χ0) is 27.7. The first-order valence-corrected chi connectivity index (χ1v) is 12.5. The highest BCUT2D eigenvalue weighted by Gasteiger charge is 2.66. The summed E-state index contributed by atoms with van der Waals surface area (Å²) in [6.07, 6.45) is -1.72. The Labute approximate surface area is 220 Å². The van der Waals surface area contributed by atoms with E-state index in [1.54, 1.807) is 17.4 Å². The molecule has 0 aliphatic carbocycles. The molecule has 0 aromatic carbocycles. The van der Waals surface area contributed by atoms with Gasteiger partial charge in [0.25, 0.3) is 5.91 Å². The van der Waals surface area contributed by atoms with Gasteiger partial charge in [0.15, 0.2) is 16.5 Å². The number of carbonyl (C=O) groups excluding carboxylic acids is 3. The molecule has 0 radical (unpaired) electrons. The number of hydrogen-bond acceptors (Lipinski definition) is 9. The number of pyridine rings is 2. The molecule has 38 heavy (non-hydrogen) atoms. The van der Waals surface area contributed by atoms with E-state index in [9.17, 15) is 36.3 Å². The van der Waals surface area contributed by atoms with Crippen molar-refractivity contribution in [3.63, 3.8) is 0 Å². The first-order valence-electron chi connectivity index (χ1n) is 10.9. The molecule has 204 valence electrons. The molecule has 12 nitrogen and oxygen atoms in total. The number of carbonyl (C=O) groups is 3. The average molecular weight is 578 g/mol. The van der Waals surface area contributed by atoms with Crippen LogP contribution in [-0.2, 0) is 31.0 Å². The van der Waals surface area contributed by atoms with E-state index in [0.717, 1.165) is 24.5 Å². The molecule has 2 aliphatic heterocycles. The summed E-state index contributed by atoms with van der Waals surface area (Å²) in [7, 11) is 0. The molecule has 2 fully saturated rings. The number of alkyl halides is 3. The largest absolute Gasteiger partial charge is 0.493 e. The van der Waals surface area contributed by atoms with Gasteiger partial charge in [-0.1, -0.05) is 11.6 Å². The van der Waals surface area contributed by atoms with E-state index >= 15 is 0 Å². The van der Waals surface area contributed by atoms with Crippen LogP contribution < -0.4 is 10.1 Å². The van der Waals surface area contributed by atoms with E-state index in [2.05, 4.69) is 14.8 Å². The van der Waals surface area contributed by atoms with Crippen LogP contribution in [0.4, 0.5) is 18.0 Å². The summed E-state index contributed by atoms with van der Waals surface area (Å²) in [5, 5.41) is 0.225. The third-order valence-corrected chi connectivity index (χ3v) is 7.19. The first kappa shape index (κ1) is 27.7. The third kappa shape index (κ3) is 5.29. The normalized spacial score (nSPS) is 22.6. The van der Waals surface area contributed by atoms with Crippen LogP contribution in [0.1, 0.15) is 18.4 Å². The Morgan fingerprint density at radius 3 is 2.42 bits per heavy atom. The number of amides is 3. The second kappa shape index (κ2) is 10.8.